The predicted octanol–water partition coefficient (Wildman–Crippen LogP) is 0.0174. The molecule has 2 N–H and O–H groups in total. The van der Waals surface area contributed by atoms with Crippen LogP contribution < -0.4 is 0 Å². The molecule has 2 atom stereocenters. The number of hydrogen-bond donors (Lipinski definition) is 2. The highest BCUT2D eigenvalue weighted by Crippen LogP contribution is 2.25. The Morgan fingerprint density at radius 2 is 1.91 bits per heavy atom. The first kappa shape index (κ1) is 8.43. The number of carbonyl (C=O) groups is 1. The van der Waals surface area contributed by atoms with Gasteiger partial charge in [-0.1, -0.05) is 6.92 Å². The zero-order chi connectivity index (χ0) is 8.59. The summed E-state index contributed by atoms with van der Waals surface area (Å²) in [7, 11) is 0. The average molecular weight is 156 g/mol. The number of hydrogen-bond acceptors (Lipinski definition) is 3. The SMILES string of the molecule is CCC1=C(C)C(=O)[C@H](O)[C@H]1O. The maximum Gasteiger partial charge on any atom is 0.190 e. The van der Waals surface area contributed by atoms with Gasteiger partial charge in [-0.3, -0.25) is 4.79 Å². The van der Waals surface area contributed by atoms with Gasteiger partial charge < -0.3 is 10.2 Å². The second kappa shape index (κ2) is 2.75. The Labute approximate surface area is 65.3 Å². The van der Waals surface area contributed by atoms with E-state index in [1.165, 1.54) is 0 Å². The summed E-state index contributed by atoms with van der Waals surface area (Å²) in [5, 5.41) is 18.4. The fraction of sp³-hybridized carbons (Fsp3) is 0.625. The van der Waals surface area contributed by atoms with E-state index in [0.29, 0.717) is 17.6 Å². The van der Waals surface area contributed by atoms with Crippen LogP contribution in [0.5, 0.6) is 0 Å². The van der Waals surface area contributed by atoms with E-state index in [-0.39, 0.29) is 5.78 Å². The Morgan fingerprint density at radius 1 is 1.36 bits per heavy atom. The summed E-state index contributed by atoms with van der Waals surface area (Å²) in [5.41, 5.74) is 1.19. The lowest BCUT2D eigenvalue weighted by Gasteiger charge is -2.08. The van der Waals surface area contributed by atoms with E-state index in [1.807, 2.05) is 6.92 Å². The van der Waals surface area contributed by atoms with E-state index in [0.717, 1.165) is 0 Å². The normalized spacial score (nSPS) is 31.8. The monoisotopic (exact) mass is 156 g/mol. The molecule has 0 aromatic heterocycles. The van der Waals surface area contributed by atoms with Gasteiger partial charge in [-0.2, -0.15) is 0 Å². The van der Waals surface area contributed by atoms with Crippen LogP contribution in [0.15, 0.2) is 11.1 Å². The summed E-state index contributed by atoms with van der Waals surface area (Å²) in [4.78, 5) is 11.0. The molecule has 0 radical (unpaired) electrons. The maximum atomic E-state index is 11.0. The highest BCUT2D eigenvalue weighted by molar-refractivity contribution is 6.02. The maximum absolute atomic E-state index is 11.0. The van der Waals surface area contributed by atoms with Crippen LogP contribution in [-0.4, -0.2) is 28.2 Å². The molecular weight excluding hydrogens is 144 g/mol. The fourth-order valence-electron chi connectivity index (χ4n) is 1.41. The molecule has 0 aromatic carbocycles. The van der Waals surface area contributed by atoms with Crippen molar-refractivity contribution in [2.45, 2.75) is 32.5 Å². The Bertz CT molecular complexity index is 217. The predicted molar refractivity (Wildman–Crippen MR) is 40.0 cm³/mol. The molecule has 0 spiro atoms. The first-order valence-corrected chi connectivity index (χ1v) is 3.69. The lowest BCUT2D eigenvalue weighted by molar-refractivity contribution is -0.125. The number of carbonyl (C=O) groups excluding carboxylic acids is 1. The van der Waals surface area contributed by atoms with E-state index in [4.69, 9.17) is 5.11 Å². The minimum atomic E-state index is -1.22. The van der Waals surface area contributed by atoms with Crippen LogP contribution in [0.1, 0.15) is 20.3 Å². The van der Waals surface area contributed by atoms with Crippen molar-refractivity contribution in [1.82, 2.24) is 0 Å². The Balaban J connectivity index is 2.98. The van der Waals surface area contributed by atoms with E-state index >= 15 is 0 Å². The summed E-state index contributed by atoms with van der Waals surface area (Å²) < 4.78 is 0. The summed E-state index contributed by atoms with van der Waals surface area (Å²) >= 11 is 0. The Kier molecular flexibility index (Phi) is 2.11. The van der Waals surface area contributed by atoms with E-state index in [9.17, 15) is 9.90 Å². The van der Waals surface area contributed by atoms with Gasteiger partial charge in [-0.15, -0.1) is 0 Å². The summed E-state index contributed by atoms with van der Waals surface area (Å²) in [6.07, 6.45) is -1.56. The molecule has 1 rings (SSSR count). The minimum Gasteiger partial charge on any atom is -0.386 e. The van der Waals surface area contributed by atoms with Crippen molar-refractivity contribution in [2.24, 2.45) is 0 Å². The first-order valence-electron chi connectivity index (χ1n) is 3.69. The van der Waals surface area contributed by atoms with Gasteiger partial charge in [0.05, 0.1) is 0 Å². The van der Waals surface area contributed by atoms with E-state index in [2.05, 4.69) is 0 Å². The Morgan fingerprint density at radius 3 is 2.09 bits per heavy atom. The van der Waals surface area contributed by atoms with Gasteiger partial charge in [0.1, 0.15) is 12.2 Å². The molecule has 0 unspecified atom stereocenters. The molecule has 0 bridgehead atoms. The fourth-order valence-corrected chi connectivity index (χ4v) is 1.41. The molecule has 0 saturated heterocycles. The van der Waals surface area contributed by atoms with Gasteiger partial charge in [-0.25, -0.2) is 0 Å². The quantitative estimate of drug-likeness (QED) is 0.562. The molecule has 3 heteroatoms. The van der Waals surface area contributed by atoms with Gasteiger partial charge >= 0.3 is 0 Å². The van der Waals surface area contributed by atoms with Crippen LogP contribution in [0.25, 0.3) is 0 Å². The smallest absolute Gasteiger partial charge is 0.190 e. The largest absolute Gasteiger partial charge is 0.386 e. The molecule has 1 aliphatic carbocycles. The summed E-state index contributed by atoms with van der Waals surface area (Å²) in [6.45, 7) is 3.49. The second-order valence-electron chi connectivity index (χ2n) is 2.76. The third kappa shape index (κ3) is 1.10. The lowest BCUT2D eigenvalue weighted by Crippen LogP contribution is -2.27. The third-order valence-corrected chi connectivity index (χ3v) is 2.16. The number of aliphatic hydroxyl groups excluding tert-OH is 2. The highest BCUT2D eigenvalue weighted by atomic mass is 16.3. The van der Waals surface area contributed by atoms with Crippen LogP contribution in [0.2, 0.25) is 0 Å². The molecule has 1 aliphatic rings. The molecule has 0 fully saturated rings. The van der Waals surface area contributed by atoms with Gasteiger partial charge in [0.15, 0.2) is 5.78 Å². The molecule has 3 nitrogen and oxygen atoms in total. The number of rotatable bonds is 1. The topological polar surface area (TPSA) is 57.5 Å². The van der Waals surface area contributed by atoms with Crippen LogP contribution >= 0.6 is 0 Å². The van der Waals surface area contributed by atoms with Crippen molar-refractivity contribution in [3.05, 3.63) is 11.1 Å². The summed E-state index contributed by atoms with van der Waals surface area (Å²) in [6, 6.07) is 0. The zero-order valence-electron chi connectivity index (χ0n) is 6.66. The third-order valence-electron chi connectivity index (χ3n) is 2.16. The van der Waals surface area contributed by atoms with Crippen LogP contribution in [0.3, 0.4) is 0 Å². The molecular formula is C8H12O3. The molecule has 0 amide bonds. The number of aliphatic hydroxyl groups is 2. The molecule has 0 saturated carbocycles. The lowest BCUT2D eigenvalue weighted by atomic mass is 10.1. The molecule has 11 heavy (non-hydrogen) atoms. The van der Waals surface area contributed by atoms with Crippen LogP contribution in [0.4, 0.5) is 0 Å². The number of ketones is 1. The molecule has 0 aliphatic heterocycles. The molecule has 62 valence electrons. The molecule has 0 aromatic rings. The molecule has 0 heterocycles. The van der Waals surface area contributed by atoms with Crippen molar-refractivity contribution < 1.29 is 15.0 Å². The summed E-state index contributed by atoms with van der Waals surface area (Å²) in [5.74, 6) is -0.339. The highest BCUT2D eigenvalue weighted by Gasteiger charge is 2.36. The van der Waals surface area contributed by atoms with Crippen molar-refractivity contribution >= 4 is 5.78 Å². The van der Waals surface area contributed by atoms with Crippen molar-refractivity contribution in [3.8, 4) is 0 Å². The zero-order valence-corrected chi connectivity index (χ0v) is 6.66. The standard InChI is InChI=1S/C8H12O3/c1-3-5-4(2)6(9)8(11)7(5)10/h7-8,10-11H,3H2,1-2H3/t7-,8-/m0/s1. The van der Waals surface area contributed by atoms with Crippen molar-refractivity contribution in [2.75, 3.05) is 0 Å². The van der Waals surface area contributed by atoms with Gasteiger partial charge in [0.25, 0.3) is 0 Å². The van der Waals surface area contributed by atoms with Crippen LogP contribution in [-0.2, 0) is 4.79 Å². The first-order chi connectivity index (χ1) is 5.09. The average Bonchev–Trinajstić information content (AvgIpc) is 2.17. The van der Waals surface area contributed by atoms with Crippen LogP contribution in [0, 0.1) is 0 Å². The van der Waals surface area contributed by atoms with Gasteiger partial charge in [-0.05, 0) is 24.5 Å². The minimum absolute atomic E-state index is 0.339. The van der Waals surface area contributed by atoms with Gasteiger partial charge in [0, 0.05) is 0 Å². The van der Waals surface area contributed by atoms with Crippen molar-refractivity contribution in [3.63, 3.8) is 0 Å². The second-order valence-corrected chi connectivity index (χ2v) is 2.76. The van der Waals surface area contributed by atoms with E-state index < -0.39 is 12.2 Å². The van der Waals surface area contributed by atoms with Gasteiger partial charge in [0.2, 0.25) is 0 Å². The number of Topliss-reactive ketones (excluding diaryl/α,β-unsaturated/α-hetero) is 1. The van der Waals surface area contributed by atoms with E-state index in [1.54, 1.807) is 6.92 Å². The van der Waals surface area contributed by atoms with Crippen molar-refractivity contribution in [1.29, 1.82) is 0 Å². The Hall–Kier alpha value is -0.670.